The summed E-state index contributed by atoms with van der Waals surface area (Å²) in [6.45, 7) is 0.845. The summed E-state index contributed by atoms with van der Waals surface area (Å²) < 4.78 is 40.2. The van der Waals surface area contributed by atoms with Crippen LogP contribution >= 0.6 is 0 Å². The maximum atomic E-state index is 11.6. The molecule has 1 aliphatic heterocycles. The Morgan fingerprint density at radius 2 is 1.61 bits per heavy atom. The zero-order valence-electron chi connectivity index (χ0n) is 17.9. The lowest BCUT2D eigenvalue weighted by molar-refractivity contribution is -0.695. The topological polar surface area (TPSA) is 134 Å². The number of pyridine rings is 1. The molecule has 0 N–H and O–H groups in total. The normalized spacial score (nSPS) is 13.1. The molecule has 3 aromatic rings. The summed E-state index contributed by atoms with van der Waals surface area (Å²) >= 11 is 0. The number of hydrogen-bond acceptors (Lipinski definition) is 8. The minimum absolute atomic E-state index is 0.270. The largest absolute Gasteiger partial charge is 0.748 e. The summed E-state index contributed by atoms with van der Waals surface area (Å²) in [6, 6.07) is 11.3. The van der Waals surface area contributed by atoms with Gasteiger partial charge in [-0.1, -0.05) is 0 Å². The number of benzene rings is 1. The summed E-state index contributed by atoms with van der Waals surface area (Å²) in [5, 5.41) is 0. The van der Waals surface area contributed by atoms with Gasteiger partial charge in [-0.2, -0.15) is 0 Å². The number of carbonyl (C=O) groups excluding carboxylic acids is 2. The van der Waals surface area contributed by atoms with Gasteiger partial charge in [-0.25, -0.2) is 18.0 Å². The molecule has 10 nitrogen and oxygen atoms in total. The van der Waals surface area contributed by atoms with Gasteiger partial charge in [0, 0.05) is 41.7 Å². The van der Waals surface area contributed by atoms with Crippen LogP contribution in [0.1, 0.15) is 0 Å². The molecule has 0 fully saturated rings. The molecular formula is C22H21N3O7S. The van der Waals surface area contributed by atoms with Gasteiger partial charge < -0.3 is 13.7 Å². The van der Waals surface area contributed by atoms with Crippen LogP contribution in [0.15, 0.2) is 71.6 Å². The van der Waals surface area contributed by atoms with Crippen LogP contribution in [0.2, 0.25) is 0 Å². The molecule has 2 amide bonds. The average molecular weight is 471 g/mol. The highest BCUT2D eigenvalue weighted by molar-refractivity contribution is 7.84. The zero-order valence-corrected chi connectivity index (χ0v) is 18.7. The van der Waals surface area contributed by atoms with E-state index in [0.29, 0.717) is 31.0 Å². The highest BCUT2D eigenvalue weighted by Gasteiger charge is 2.24. The number of carbonyl (C=O) groups is 2. The molecule has 2 aromatic heterocycles. The Labute approximate surface area is 190 Å². The van der Waals surface area contributed by atoms with Gasteiger partial charge in [-0.05, 0) is 24.3 Å². The molecule has 0 aliphatic carbocycles. The minimum atomic E-state index is -3.92. The van der Waals surface area contributed by atoms with Crippen molar-refractivity contribution in [3.05, 3.63) is 67.1 Å². The van der Waals surface area contributed by atoms with Gasteiger partial charge in [0.2, 0.25) is 5.89 Å². The molecule has 1 aliphatic rings. The molecule has 4 rings (SSSR count). The lowest BCUT2D eigenvalue weighted by Gasteiger charge is -2.10. The number of rotatable bonds is 6. The summed E-state index contributed by atoms with van der Waals surface area (Å²) in [5.41, 5.74) is 1.75. The summed E-state index contributed by atoms with van der Waals surface area (Å²) in [4.78, 5) is 28.7. The van der Waals surface area contributed by atoms with Crippen molar-refractivity contribution in [1.82, 2.24) is 9.88 Å². The number of oxazole rings is 1. The van der Waals surface area contributed by atoms with Crippen molar-refractivity contribution < 1.29 is 36.3 Å². The fourth-order valence-electron chi connectivity index (χ4n) is 2.91. The van der Waals surface area contributed by atoms with Crippen molar-refractivity contribution in [2.75, 3.05) is 19.9 Å². The zero-order chi connectivity index (χ0) is 24.0. The first-order valence-electron chi connectivity index (χ1n) is 9.68. The maximum absolute atomic E-state index is 11.6. The molecule has 0 bridgehead atoms. The van der Waals surface area contributed by atoms with Gasteiger partial charge in [0.15, 0.2) is 24.7 Å². The van der Waals surface area contributed by atoms with E-state index in [-0.39, 0.29) is 11.8 Å². The Hall–Kier alpha value is -3.83. The first-order valence-corrected chi connectivity index (χ1v) is 11.5. The van der Waals surface area contributed by atoms with Crippen molar-refractivity contribution in [3.8, 4) is 28.5 Å². The number of methoxy groups -OCH3 is 1. The number of amides is 2. The Bertz CT molecular complexity index is 1240. The highest BCUT2D eigenvalue weighted by atomic mass is 32.2. The first kappa shape index (κ1) is 23.8. The third-order valence-electron chi connectivity index (χ3n) is 4.50. The fraction of sp³-hybridized carbons (Fsp3) is 0.182. The van der Waals surface area contributed by atoms with Crippen LogP contribution in [-0.4, -0.2) is 54.6 Å². The smallest absolute Gasteiger partial charge is 0.253 e. The van der Waals surface area contributed by atoms with Crippen LogP contribution in [-0.2, 0) is 26.3 Å². The Morgan fingerprint density at radius 1 is 1.03 bits per heavy atom. The minimum Gasteiger partial charge on any atom is -0.748 e. The third-order valence-corrected chi connectivity index (χ3v) is 4.50. The van der Waals surface area contributed by atoms with Crippen molar-refractivity contribution in [1.29, 1.82) is 0 Å². The second-order valence-corrected chi connectivity index (χ2v) is 8.36. The maximum Gasteiger partial charge on any atom is 0.253 e. The number of imide groups is 1. The van der Waals surface area contributed by atoms with Crippen LogP contribution < -0.4 is 9.30 Å². The first-order chi connectivity index (χ1) is 15.6. The van der Waals surface area contributed by atoms with Gasteiger partial charge in [0.1, 0.15) is 5.75 Å². The Kier molecular flexibility index (Phi) is 7.36. The summed E-state index contributed by atoms with van der Waals surface area (Å²) in [6.07, 6.45) is 8.61. The average Bonchev–Trinajstić information content (AvgIpc) is 3.39. The number of nitrogens with zero attached hydrogens (tertiary/aromatic N) is 3. The number of aromatic nitrogens is 2. The van der Waals surface area contributed by atoms with E-state index in [0.717, 1.165) is 16.9 Å². The van der Waals surface area contributed by atoms with Crippen molar-refractivity contribution in [3.63, 3.8) is 0 Å². The lowest BCUT2D eigenvalue weighted by Crippen LogP contribution is -2.42. The lowest BCUT2D eigenvalue weighted by atomic mass is 10.2. The van der Waals surface area contributed by atoms with E-state index in [2.05, 4.69) is 4.98 Å². The second kappa shape index (κ2) is 10.2. The number of ether oxygens (including phenoxy) is 1. The van der Waals surface area contributed by atoms with Crippen LogP contribution in [0.5, 0.6) is 5.75 Å². The molecule has 3 heterocycles. The molecule has 0 saturated carbocycles. The SMILES string of the molecule is COc1ccc(-c2cnc(-c3cc[n+](CCN4C(=O)C=CC4=O)cc3)o2)cc1.CS(=O)(=O)[O-]. The molecule has 1 aromatic carbocycles. The van der Waals surface area contributed by atoms with Gasteiger partial charge in [-0.15, -0.1) is 0 Å². The van der Waals surface area contributed by atoms with E-state index >= 15 is 0 Å². The Balaban J connectivity index is 0.000000555. The standard InChI is InChI=1S/C21H18N3O4.CH4O3S/c1-27-17-4-2-15(3-5-17)18-14-22-21(28-18)16-8-10-23(11-9-16)12-13-24-19(25)6-7-20(24)26;1-5(2,3)4/h2-11,14H,12-13H2,1H3;1H3,(H,2,3,4)/q+1;/p-1. The molecule has 11 heteroatoms. The van der Waals surface area contributed by atoms with E-state index in [1.807, 2.05) is 53.4 Å². The van der Waals surface area contributed by atoms with E-state index in [4.69, 9.17) is 22.1 Å². The van der Waals surface area contributed by atoms with Crippen LogP contribution in [0.3, 0.4) is 0 Å². The molecule has 0 saturated heterocycles. The van der Waals surface area contributed by atoms with Gasteiger partial charge in [0.25, 0.3) is 11.8 Å². The van der Waals surface area contributed by atoms with Gasteiger partial charge in [-0.3, -0.25) is 14.5 Å². The molecule has 0 radical (unpaired) electrons. The second-order valence-electron chi connectivity index (χ2n) is 6.95. The van der Waals surface area contributed by atoms with Crippen LogP contribution in [0, 0.1) is 0 Å². The van der Waals surface area contributed by atoms with E-state index < -0.39 is 10.1 Å². The summed E-state index contributed by atoms with van der Waals surface area (Å²) in [5.74, 6) is 1.44. The summed E-state index contributed by atoms with van der Waals surface area (Å²) in [7, 11) is -2.29. The predicted molar refractivity (Wildman–Crippen MR) is 116 cm³/mol. The highest BCUT2D eigenvalue weighted by Crippen LogP contribution is 2.26. The van der Waals surface area contributed by atoms with E-state index in [1.165, 1.54) is 17.1 Å². The van der Waals surface area contributed by atoms with Crippen LogP contribution in [0.4, 0.5) is 0 Å². The van der Waals surface area contributed by atoms with Crippen molar-refractivity contribution in [2.45, 2.75) is 6.54 Å². The third kappa shape index (κ3) is 6.82. The van der Waals surface area contributed by atoms with Gasteiger partial charge in [0.05, 0.1) is 30.0 Å². The van der Waals surface area contributed by atoms with Crippen LogP contribution in [0.25, 0.3) is 22.8 Å². The van der Waals surface area contributed by atoms with E-state index in [1.54, 1.807) is 13.3 Å². The van der Waals surface area contributed by atoms with Crippen molar-refractivity contribution in [2.24, 2.45) is 0 Å². The monoisotopic (exact) mass is 471 g/mol. The quantitative estimate of drug-likeness (QED) is 0.299. The Morgan fingerprint density at radius 3 is 2.15 bits per heavy atom. The van der Waals surface area contributed by atoms with E-state index in [9.17, 15) is 9.59 Å². The molecule has 0 unspecified atom stereocenters. The molecule has 33 heavy (non-hydrogen) atoms. The van der Waals surface area contributed by atoms with Crippen molar-refractivity contribution >= 4 is 21.9 Å². The molecule has 0 spiro atoms. The number of hydrogen-bond donors (Lipinski definition) is 0. The molecule has 172 valence electrons. The predicted octanol–water partition coefficient (Wildman–Crippen LogP) is 1.39. The molecule has 0 atom stereocenters. The fourth-order valence-corrected chi connectivity index (χ4v) is 2.91. The molecular weight excluding hydrogens is 450 g/mol. The van der Waals surface area contributed by atoms with Gasteiger partial charge >= 0.3 is 0 Å².